The van der Waals surface area contributed by atoms with Crippen molar-refractivity contribution in [2.45, 2.75) is 230 Å². The van der Waals surface area contributed by atoms with Crippen LogP contribution in [0.3, 0.4) is 0 Å². The number of benzene rings is 3. The molecule has 14 nitrogen and oxygen atoms in total. The van der Waals surface area contributed by atoms with Crippen LogP contribution in [0.2, 0.25) is 0 Å². The number of alkyl halides is 2. The van der Waals surface area contributed by atoms with E-state index in [0.29, 0.717) is 40.2 Å². The molecule has 3 amide bonds. The maximum absolute atomic E-state index is 15.7. The number of rotatable bonds is 12. The van der Waals surface area contributed by atoms with Crippen molar-refractivity contribution in [1.82, 2.24) is 29.7 Å². The highest BCUT2D eigenvalue weighted by Gasteiger charge is 2.59. The second-order valence-corrected chi connectivity index (χ2v) is 29.1. The van der Waals surface area contributed by atoms with Gasteiger partial charge in [-0.1, -0.05) is 37.1 Å². The summed E-state index contributed by atoms with van der Waals surface area (Å²) in [7, 11) is -0.416. The molecule has 7 heterocycles. The van der Waals surface area contributed by atoms with Gasteiger partial charge < -0.3 is 44.1 Å². The van der Waals surface area contributed by atoms with E-state index in [1.54, 1.807) is 13.3 Å². The lowest BCUT2D eigenvalue weighted by atomic mass is 9.71. The number of hydrogen-bond acceptors (Lipinski definition) is 10. The molecule has 3 saturated carbocycles. The molecule has 0 atom stereocenters. The van der Waals surface area contributed by atoms with Crippen LogP contribution in [0.4, 0.5) is 36.1 Å². The van der Waals surface area contributed by atoms with Gasteiger partial charge in [0.15, 0.2) is 5.82 Å². The van der Waals surface area contributed by atoms with Gasteiger partial charge >= 0.3 is 7.12 Å². The fourth-order valence-corrected chi connectivity index (χ4v) is 14.9. The van der Waals surface area contributed by atoms with Crippen molar-refractivity contribution < 1.29 is 36.9 Å². The van der Waals surface area contributed by atoms with Crippen LogP contribution in [-0.4, -0.2) is 122 Å². The summed E-state index contributed by atoms with van der Waals surface area (Å²) < 4.78 is 57.6. The Balaban J connectivity index is 0.000000189. The average molecular weight is 1170 g/mol. The summed E-state index contributed by atoms with van der Waals surface area (Å²) in [4.78, 5) is 60.2. The zero-order valence-electron chi connectivity index (χ0n) is 52.3. The molecule has 3 aromatic carbocycles. The summed E-state index contributed by atoms with van der Waals surface area (Å²) in [6.07, 6.45) is 11.1. The molecule has 85 heavy (non-hydrogen) atoms. The predicted molar refractivity (Wildman–Crippen MR) is 330 cm³/mol. The van der Waals surface area contributed by atoms with Crippen LogP contribution in [0.15, 0.2) is 60.9 Å². The normalized spacial score (nSPS) is 27.2. The molecule has 18 heteroatoms. The van der Waals surface area contributed by atoms with E-state index in [1.807, 2.05) is 61.4 Å². The first-order chi connectivity index (χ1) is 40.0. The number of aryl methyl sites for hydroxylation is 1. The monoisotopic (exact) mass is 1170 g/mol. The van der Waals surface area contributed by atoms with Gasteiger partial charge in [-0.25, -0.2) is 23.1 Å². The number of fused-ring (bicyclic) bond motifs is 3. The molecule has 0 unspecified atom stereocenters. The Hall–Kier alpha value is -5.82. The van der Waals surface area contributed by atoms with E-state index < -0.39 is 41.6 Å². The van der Waals surface area contributed by atoms with Crippen molar-refractivity contribution >= 4 is 64.2 Å². The van der Waals surface area contributed by atoms with Crippen molar-refractivity contribution in [3.05, 3.63) is 89.0 Å². The molecular formula is C67H87BF3N9O5. The third-order valence-corrected chi connectivity index (χ3v) is 21.2. The van der Waals surface area contributed by atoms with E-state index >= 15 is 4.39 Å². The highest BCUT2D eigenvalue weighted by Crippen LogP contribution is 2.54. The second kappa shape index (κ2) is 20.9. The van der Waals surface area contributed by atoms with Crippen LogP contribution in [0, 0.1) is 12.7 Å². The van der Waals surface area contributed by atoms with Gasteiger partial charge in [-0.05, 0) is 233 Å². The summed E-state index contributed by atoms with van der Waals surface area (Å²) in [6.45, 7) is 31.2. The van der Waals surface area contributed by atoms with Crippen LogP contribution in [0.1, 0.15) is 193 Å². The van der Waals surface area contributed by atoms with Crippen molar-refractivity contribution in [2.24, 2.45) is 0 Å². The molecule has 8 aliphatic rings. The molecule has 0 bridgehead atoms. The SMILES string of the molecule is CC1(C)C(=O)N(C2(C)CC(N3CCCCC3)C2)c2cc(B3OC(C)(C)C(C)(C)O3)ccc21.Cc1cc(F)c(Nc2nc(-c3ccc4c(c3)N(C3(C)CC(N5CCCCC5)C3)C(=O)C4(C)C)cc3ncn(C(C)C)c23)cc1C(=O)NC1(C(F)F)CC1. The summed E-state index contributed by atoms with van der Waals surface area (Å²) in [5, 5.41) is 5.63. The fourth-order valence-electron chi connectivity index (χ4n) is 14.9. The van der Waals surface area contributed by atoms with Crippen molar-refractivity contribution in [3.63, 3.8) is 0 Å². The zero-order valence-corrected chi connectivity index (χ0v) is 52.3. The minimum absolute atomic E-state index is 0.000242. The smallest absolute Gasteiger partial charge is 0.399 e. The number of imidazole rings is 1. The Morgan fingerprint density at radius 1 is 0.694 bits per heavy atom. The standard InChI is InChI=1S/C41H48F3N7O2.C26H39BN2O3/c1-23(2)50-22-45-32-19-30(46-35(34(32)50)47-31-18-27(24(3)16-29(31)42)36(52)48-41(12-13-41)37(43)44)25-10-11-28-33(17-25)51(38(53)39(28,4)5)40(6)20-26(21-40)49-14-8-7-9-15-49;1-23(2)20-12-11-18(27-31-24(3,4)25(5,6)32-27)15-21(20)29(22(23)30)26(7)16-19(17-26)28-13-9-8-10-14-28/h10-11,16-19,22-23,26,37H,7-9,12-15,20-21H2,1-6H3,(H,46,47)(H,48,52);11-12,15,19H,8-10,13-14,16-17H2,1-7H3. The van der Waals surface area contributed by atoms with Crippen molar-refractivity contribution in [3.8, 4) is 11.3 Å². The van der Waals surface area contributed by atoms with Crippen LogP contribution in [0.25, 0.3) is 22.3 Å². The number of hydrogen-bond donors (Lipinski definition) is 2. The van der Waals surface area contributed by atoms with Crippen LogP contribution in [0.5, 0.6) is 0 Å². The minimum Gasteiger partial charge on any atom is -0.399 e. The van der Waals surface area contributed by atoms with Crippen LogP contribution >= 0.6 is 0 Å². The molecule has 5 aromatic rings. The number of likely N-dealkylation sites (tertiary alicyclic amines) is 2. The number of anilines is 4. The number of carbonyl (C=O) groups is 3. The number of amides is 3. The quantitative estimate of drug-likeness (QED) is 0.116. The van der Waals surface area contributed by atoms with Gasteiger partial charge in [0.2, 0.25) is 11.8 Å². The maximum Gasteiger partial charge on any atom is 0.494 e. The summed E-state index contributed by atoms with van der Waals surface area (Å²) >= 11 is 0. The number of carbonyl (C=O) groups excluding carboxylic acids is 3. The largest absolute Gasteiger partial charge is 0.494 e. The first-order valence-electron chi connectivity index (χ1n) is 31.4. The first kappa shape index (κ1) is 59.5. The van der Waals surface area contributed by atoms with Gasteiger partial charge in [0.25, 0.3) is 12.3 Å². The Bertz CT molecular complexity index is 3460. The first-order valence-corrected chi connectivity index (χ1v) is 31.4. The van der Waals surface area contributed by atoms with Gasteiger partial charge in [0, 0.05) is 51.7 Å². The molecule has 0 spiro atoms. The number of halogens is 3. The molecule has 2 N–H and O–H groups in total. The lowest BCUT2D eigenvalue weighted by Crippen LogP contribution is -2.64. The van der Waals surface area contributed by atoms with Gasteiger partial charge in [-0.2, -0.15) is 0 Å². The van der Waals surface area contributed by atoms with Crippen molar-refractivity contribution in [2.75, 3.05) is 41.3 Å². The fraction of sp³-hybridized carbons (Fsp3) is 0.597. The number of nitrogens with one attached hydrogen (secondary N) is 2. The van der Waals surface area contributed by atoms with Crippen molar-refractivity contribution in [1.29, 1.82) is 0 Å². The summed E-state index contributed by atoms with van der Waals surface area (Å²) in [6, 6.07) is 18.0. The summed E-state index contributed by atoms with van der Waals surface area (Å²) in [5.74, 6) is -0.645. The molecule has 3 aliphatic carbocycles. The highest BCUT2D eigenvalue weighted by atomic mass is 19.3. The zero-order chi connectivity index (χ0) is 60.7. The Kier molecular flexibility index (Phi) is 14.7. The van der Waals surface area contributed by atoms with Gasteiger partial charge in [0.05, 0.1) is 45.3 Å². The van der Waals surface area contributed by atoms with Gasteiger partial charge in [-0.3, -0.25) is 14.4 Å². The second-order valence-electron chi connectivity index (χ2n) is 29.1. The molecular weight excluding hydrogens is 1080 g/mol. The third-order valence-electron chi connectivity index (χ3n) is 21.2. The van der Waals surface area contributed by atoms with E-state index in [4.69, 9.17) is 19.3 Å². The molecule has 2 aromatic heterocycles. The van der Waals surface area contributed by atoms with Crippen LogP contribution in [-0.2, 0) is 29.7 Å². The van der Waals surface area contributed by atoms with Gasteiger partial charge in [0.1, 0.15) is 16.9 Å². The molecule has 13 rings (SSSR count). The number of piperidine rings is 2. The molecule has 6 fully saturated rings. The minimum atomic E-state index is -2.69. The van der Waals surface area contributed by atoms with Crippen LogP contribution < -0.4 is 25.9 Å². The van der Waals surface area contributed by atoms with Gasteiger partial charge in [-0.15, -0.1) is 0 Å². The molecule has 0 radical (unpaired) electrons. The molecule has 5 aliphatic heterocycles. The average Bonchev–Trinajstić information content (AvgIpc) is 1.67. The predicted octanol–water partition coefficient (Wildman–Crippen LogP) is 12.4. The number of aromatic nitrogens is 3. The highest BCUT2D eigenvalue weighted by molar-refractivity contribution is 6.62. The lowest BCUT2D eigenvalue weighted by molar-refractivity contribution is -0.125. The third kappa shape index (κ3) is 10.1. The summed E-state index contributed by atoms with van der Waals surface area (Å²) in [5.41, 5.74) is 4.15. The Morgan fingerprint density at radius 2 is 1.21 bits per heavy atom. The number of pyridine rings is 1. The van der Waals surface area contributed by atoms with E-state index in [2.05, 4.69) is 98.9 Å². The molecule has 3 saturated heterocycles. The lowest BCUT2D eigenvalue weighted by Gasteiger charge is -2.55. The maximum atomic E-state index is 15.7. The Morgan fingerprint density at radius 3 is 1.72 bits per heavy atom. The van der Waals surface area contributed by atoms with E-state index in [-0.39, 0.29) is 64.2 Å². The van der Waals surface area contributed by atoms with E-state index in [9.17, 15) is 23.2 Å². The molecule has 454 valence electrons. The van der Waals surface area contributed by atoms with E-state index in [0.717, 1.165) is 72.3 Å². The van der Waals surface area contributed by atoms with E-state index in [1.165, 1.54) is 63.7 Å². The number of nitrogens with zero attached hydrogens (tertiary/aromatic N) is 7. The Labute approximate surface area is 500 Å². The topological polar surface area (TPSA) is 137 Å².